The molecule has 4 nitrogen and oxygen atoms in total. The quantitative estimate of drug-likeness (QED) is 0.638. The summed E-state index contributed by atoms with van der Waals surface area (Å²) >= 11 is 0. The van der Waals surface area contributed by atoms with Crippen molar-refractivity contribution in [3.05, 3.63) is 84.4 Å². The lowest BCUT2D eigenvalue weighted by Gasteiger charge is -2.24. The maximum Gasteiger partial charge on any atom is 0.238 e. The Balaban J connectivity index is 1.46. The Hall–Kier alpha value is -3.11. The molecule has 1 saturated heterocycles. The molecule has 0 unspecified atom stereocenters. The van der Waals surface area contributed by atoms with Crippen molar-refractivity contribution in [3.8, 4) is 16.9 Å². The van der Waals surface area contributed by atoms with Crippen LogP contribution in [0.1, 0.15) is 24.4 Å². The zero-order valence-corrected chi connectivity index (χ0v) is 16.7. The number of benzene rings is 3. The summed E-state index contributed by atoms with van der Waals surface area (Å²) in [7, 11) is 1.68. The summed E-state index contributed by atoms with van der Waals surface area (Å²) in [5.74, 6) is 0.877. The molecule has 4 rings (SSSR count). The van der Waals surface area contributed by atoms with Gasteiger partial charge in [-0.15, -0.1) is 0 Å². The minimum Gasteiger partial charge on any atom is -0.497 e. The zero-order chi connectivity index (χ0) is 20.1. The molecule has 4 heteroatoms. The highest BCUT2D eigenvalue weighted by atomic mass is 16.5. The first-order valence-electron chi connectivity index (χ1n) is 10.1. The smallest absolute Gasteiger partial charge is 0.238 e. The van der Waals surface area contributed by atoms with E-state index in [4.69, 9.17) is 4.74 Å². The zero-order valence-electron chi connectivity index (χ0n) is 16.7. The van der Waals surface area contributed by atoms with E-state index >= 15 is 0 Å². The van der Waals surface area contributed by atoms with Crippen LogP contribution < -0.4 is 10.1 Å². The summed E-state index contributed by atoms with van der Waals surface area (Å²) in [6.07, 6.45) is 2.17. The van der Waals surface area contributed by atoms with Crippen LogP contribution in [-0.2, 0) is 4.79 Å². The van der Waals surface area contributed by atoms with Gasteiger partial charge in [0.05, 0.1) is 13.7 Å². The van der Waals surface area contributed by atoms with E-state index in [-0.39, 0.29) is 11.9 Å². The van der Waals surface area contributed by atoms with E-state index in [9.17, 15) is 4.79 Å². The minimum absolute atomic E-state index is 0.0220. The average molecular weight is 386 g/mol. The molecule has 1 amide bonds. The van der Waals surface area contributed by atoms with Crippen molar-refractivity contribution in [2.24, 2.45) is 0 Å². The number of para-hydroxylation sites is 1. The Morgan fingerprint density at radius 3 is 2.48 bits per heavy atom. The molecule has 0 spiro atoms. The Morgan fingerprint density at radius 1 is 1.00 bits per heavy atom. The minimum atomic E-state index is 0.0220. The fourth-order valence-electron chi connectivity index (χ4n) is 4.05. The van der Waals surface area contributed by atoms with E-state index in [1.807, 2.05) is 54.6 Å². The van der Waals surface area contributed by atoms with E-state index in [0.717, 1.165) is 42.0 Å². The van der Waals surface area contributed by atoms with Gasteiger partial charge in [0.1, 0.15) is 5.75 Å². The van der Waals surface area contributed by atoms with Gasteiger partial charge < -0.3 is 10.1 Å². The number of nitrogens with one attached hydrogen (secondary N) is 1. The van der Waals surface area contributed by atoms with Crippen LogP contribution in [0.25, 0.3) is 11.1 Å². The molecule has 3 aromatic carbocycles. The van der Waals surface area contributed by atoms with Gasteiger partial charge in [0.2, 0.25) is 5.91 Å². The maximum absolute atomic E-state index is 12.9. The van der Waals surface area contributed by atoms with Gasteiger partial charge in [-0.2, -0.15) is 0 Å². The maximum atomic E-state index is 12.9. The number of amides is 1. The van der Waals surface area contributed by atoms with Crippen molar-refractivity contribution in [2.75, 3.05) is 25.5 Å². The Bertz CT molecular complexity index is 954. The summed E-state index contributed by atoms with van der Waals surface area (Å²) in [4.78, 5) is 15.1. The number of hydrogen-bond acceptors (Lipinski definition) is 3. The fraction of sp³-hybridized carbons (Fsp3) is 0.240. The Morgan fingerprint density at radius 2 is 1.72 bits per heavy atom. The molecule has 148 valence electrons. The average Bonchev–Trinajstić information content (AvgIpc) is 3.22. The number of anilines is 1. The highest BCUT2D eigenvalue weighted by Crippen LogP contribution is 2.33. The van der Waals surface area contributed by atoms with Gasteiger partial charge in [0, 0.05) is 17.3 Å². The Kier molecular flexibility index (Phi) is 5.92. The number of rotatable bonds is 6. The number of carbonyl (C=O) groups is 1. The summed E-state index contributed by atoms with van der Waals surface area (Å²) in [5.41, 5.74) is 4.22. The second-order valence-corrected chi connectivity index (χ2v) is 7.36. The molecule has 1 fully saturated rings. The van der Waals surface area contributed by atoms with Crippen LogP contribution in [0.3, 0.4) is 0 Å². The normalized spacial score (nSPS) is 16.5. The van der Waals surface area contributed by atoms with Gasteiger partial charge in [-0.05, 0) is 48.7 Å². The van der Waals surface area contributed by atoms with Gasteiger partial charge >= 0.3 is 0 Å². The van der Waals surface area contributed by atoms with Crippen molar-refractivity contribution >= 4 is 11.6 Å². The highest BCUT2D eigenvalue weighted by molar-refractivity contribution is 5.96. The third-order valence-electron chi connectivity index (χ3n) is 5.50. The van der Waals surface area contributed by atoms with Crippen LogP contribution in [0.15, 0.2) is 78.9 Å². The summed E-state index contributed by atoms with van der Waals surface area (Å²) in [6, 6.07) is 26.6. The summed E-state index contributed by atoms with van der Waals surface area (Å²) in [6.45, 7) is 1.32. The molecule has 0 aliphatic carbocycles. The molecule has 0 aromatic heterocycles. The van der Waals surface area contributed by atoms with Crippen LogP contribution in [0.2, 0.25) is 0 Å². The largest absolute Gasteiger partial charge is 0.497 e. The van der Waals surface area contributed by atoms with Gasteiger partial charge in [-0.3, -0.25) is 9.69 Å². The predicted octanol–water partition coefficient (Wildman–Crippen LogP) is 5.14. The van der Waals surface area contributed by atoms with Gasteiger partial charge in [-0.25, -0.2) is 0 Å². The number of nitrogens with zero attached hydrogens (tertiary/aromatic N) is 1. The second kappa shape index (κ2) is 8.93. The third-order valence-corrected chi connectivity index (χ3v) is 5.50. The fourth-order valence-corrected chi connectivity index (χ4v) is 4.05. The van der Waals surface area contributed by atoms with E-state index in [2.05, 4.69) is 34.5 Å². The predicted molar refractivity (Wildman–Crippen MR) is 117 cm³/mol. The lowest BCUT2D eigenvalue weighted by Crippen LogP contribution is -2.33. The first kappa shape index (κ1) is 19.2. The van der Waals surface area contributed by atoms with Crippen LogP contribution in [-0.4, -0.2) is 31.0 Å². The Labute approximate surface area is 172 Å². The first-order chi connectivity index (χ1) is 14.2. The van der Waals surface area contributed by atoms with Gasteiger partial charge in [-0.1, -0.05) is 60.7 Å². The monoisotopic (exact) mass is 386 g/mol. The number of methoxy groups -OCH3 is 1. The highest BCUT2D eigenvalue weighted by Gasteiger charge is 2.27. The van der Waals surface area contributed by atoms with Crippen molar-refractivity contribution in [3.63, 3.8) is 0 Å². The van der Waals surface area contributed by atoms with Crippen molar-refractivity contribution < 1.29 is 9.53 Å². The summed E-state index contributed by atoms with van der Waals surface area (Å²) < 4.78 is 5.26. The molecule has 0 saturated carbocycles. The van der Waals surface area contributed by atoms with E-state index in [1.54, 1.807) is 7.11 Å². The molecule has 1 atom stereocenters. The lowest BCUT2D eigenvalue weighted by atomic mass is 10.0. The van der Waals surface area contributed by atoms with E-state index in [1.165, 1.54) is 5.56 Å². The molecule has 3 aromatic rings. The lowest BCUT2D eigenvalue weighted by molar-refractivity contribution is -0.117. The van der Waals surface area contributed by atoms with Gasteiger partial charge in [0.25, 0.3) is 0 Å². The topological polar surface area (TPSA) is 41.6 Å². The van der Waals surface area contributed by atoms with Crippen LogP contribution >= 0.6 is 0 Å². The van der Waals surface area contributed by atoms with Crippen LogP contribution in [0, 0.1) is 0 Å². The summed E-state index contributed by atoms with van der Waals surface area (Å²) in [5, 5.41) is 3.13. The molecule has 1 aliphatic rings. The van der Waals surface area contributed by atoms with E-state index in [0.29, 0.717) is 6.54 Å². The molecule has 0 bridgehead atoms. The van der Waals surface area contributed by atoms with E-state index < -0.39 is 0 Å². The molecule has 1 N–H and O–H groups in total. The number of ether oxygens (including phenoxy) is 1. The third kappa shape index (κ3) is 4.49. The van der Waals surface area contributed by atoms with Crippen LogP contribution in [0.4, 0.5) is 5.69 Å². The number of hydrogen-bond donors (Lipinski definition) is 1. The molecule has 0 radical (unpaired) electrons. The standard InChI is InChI=1S/C25H26N2O2/c1-29-21-15-13-20(14-16-21)24-12-7-17-27(24)18-25(28)26-23-11-6-5-10-22(23)19-8-3-2-4-9-19/h2-6,8-11,13-16,24H,7,12,17-18H2,1H3,(H,26,28)/t24-/m1/s1. The molecular weight excluding hydrogens is 360 g/mol. The first-order valence-corrected chi connectivity index (χ1v) is 10.1. The molecule has 29 heavy (non-hydrogen) atoms. The van der Waals surface area contributed by atoms with Crippen molar-refractivity contribution in [1.29, 1.82) is 0 Å². The molecular formula is C25H26N2O2. The molecule has 1 aliphatic heterocycles. The number of likely N-dealkylation sites (tertiary alicyclic amines) is 1. The van der Waals surface area contributed by atoms with Crippen LogP contribution in [0.5, 0.6) is 5.75 Å². The van der Waals surface area contributed by atoms with Gasteiger partial charge in [0.15, 0.2) is 0 Å². The molecule has 1 heterocycles. The SMILES string of the molecule is COc1ccc([C@H]2CCCN2CC(=O)Nc2ccccc2-c2ccccc2)cc1. The van der Waals surface area contributed by atoms with Crippen molar-refractivity contribution in [1.82, 2.24) is 4.90 Å². The van der Waals surface area contributed by atoms with Crippen molar-refractivity contribution in [2.45, 2.75) is 18.9 Å². The second-order valence-electron chi connectivity index (χ2n) is 7.36. The number of carbonyl (C=O) groups excluding carboxylic acids is 1.